The van der Waals surface area contributed by atoms with Crippen LogP contribution in [0.25, 0.3) is 0 Å². The molecule has 6 nitrogen and oxygen atoms in total. The minimum atomic E-state index is -0.905. The van der Waals surface area contributed by atoms with E-state index in [2.05, 4.69) is 10.3 Å². The van der Waals surface area contributed by atoms with Gasteiger partial charge in [0.1, 0.15) is 0 Å². The number of aromatic nitrogens is 1. The number of hydrogen-bond acceptors (Lipinski definition) is 4. The summed E-state index contributed by atoms with van der Waals surface area (Å²) in [5.41, 5.74) is 0.920. The molecule has 2 N–H and O–H groups in total. The van der Waals surface area contributed by atoms with Gasteiger partial charge in [-0.1, -0.05) is 11.3 Å². The second kappa shape index (κ2) is 4.24. The van der Waals surface area contributed by atoms with Crippen LogP contribution in [0, 0.1) is 5.92 Å². The van der Waals surface area contributed by atoms with Crippen molar-refractivity contribution in [3.05, 3.63) is 10.6 Å². The number of carboxylic acid groups (broad SMARTS) is 1. The van der Waals surface area contributed by atoms with E-state index in [9.17, 15) is 9.59 Å². The summed E-state index contributed by atoms with van der Waals surface area (Å²) in [5, 5.41) is 12.3. The molecule has 0 aromatic carbocycles. The van der Waals surface area contributed by atoms with Gasteiger partial charge in [-0.05, 0) is 12.8 Å². The predicted octanol–water partition coefficient (Wildman–Crippen LogP) is 1.53. The molecule has 0 atom stereocenters. The van der Waals surface area contributed by atoms with Gasteiger partial charge in [0.25, 0.3) is 0 Å². The lowest BCUT2D eigenvalue weighted by atomic mass is 10.2. The molecule has 0 saturated heterocycles. The lowest BCUT2D eigenvalue weighted by Crippen LogP contribution is -2.34. The van der Waals surface area contributed by atoms with Gasteiger partial charge in [-0.25, -0.2) is 9.78 Å². The largest absolute Gasteiger partial charge is 0.465 e. The molecule has 1 aliphatic heterocycles. The highest BCUT2D eigenvalue weighted by molar-refractivity contribution is 7.15. The summed E-state index contributed by atoms with van der Waals surface area (Å²) >= 11 is 1.38. The van der Waals surface area contributed by atoms with Crippen LogP contribution in [-0.2, 0) is 17.8 Å². The van der Waals surface area contributed by atoms with Crippen molar-refractivity contribution < 1.29 is 14.7 Å². The van der Waals surface area contributed by atoms with Crippen LogP contribution in [-0.4, -0.2) is 33.5 Å². The van der Waals surface area contributed by atoms with Crippen LogP contribution in [0.3, 0.4) is 0 Å². The Morgan fingerprint density at radius 1 is 1.44 bits per heavy atom. The van der Waals surface area contributed by atoms with Crippen molar-refractivity contribution in [1.82, 2.24) is 9.88 Å². The first-order chi connectivity index (χ1) is 8.63. The van der Waals surface area contributed by atoms with Gasteiger partial charge < -0.3 is 15.3 Å². The van der Waals surface area contributed by atoms with Crippen molar-refractivity contribution in [3.63, 3.8) is 0 Å². The maximum atomic E-state index is 11.6. The SMILES string of the molecule is O=C(Nc1nc2c(s1)CN(C(=O)O)CC2)C1CC1. The number of thiazole rings is 1. The Kier molecular flexibility index (Phi) is 2.70. The van der Waals surface area contributed by atoms with E-state index < -0.39 is 6.09 Å². The number of rotatable bonds is 2. The topological polar surface area (TPSA) is 82.5 Å². The van der Waals surface area contributed by atoms with E-state index in [0.717, 1.165) is 23.4 Å². The van der Waals surface area contributed by atoms with Crippen molar-refractivity contribution in [2.24, 2.45) is 5.92 Å². The molecule has 0 spiro atoms. The third-order valence-corrected chi connectivity index (χ3v) is 4.18. The number of amides is 2. The summed E-state index contributed by atoms with van der Waals surface area (Å²) in [4.78, 5) is 29.2. The first-order valence-electron chi connectivity index (χ1n) is 5.91. The summed E-state index contributed by atoms with van der Waals surface area (Å²) in [6.07, 6.45) is 1.64. The predicted molar refractivity (Wildman–Crippen MR) is 65.6 cm³/mol. The van der Waals surface area contributed by atoms with Crippen molar-refractivity contribution >= 4 is 28.5 Å². The number of hydrogen-bond donors (Lipinski definition) is 2. The Morgan fingerprint density at radius 3 is 2.89 bits per heavy atom. The highest BCUT2D eigenvalue weighted by Crippen LogP contribution is 2.32. The maximum Gasteiger partial charge on any atom is 0.407 e. The summed E-state index contributed by atoms with van der Waals surface area (Å²) in [6.45, 7) is 0.851. The molecule has 0 bridgehead atoms. The average Bonchev–Trinajstić information content (AvgIpc) is 3.09. The van der Waals surface area contributed by atoms with E-state index in [1.807, 2.05) is 0 Å². The zero-order valence-corrected chi connectivity index (χ0v) is 10.5. The van der Waals surface area contributed by atoms with Gasteiger partial charge in [-0.3, -0.25) is 4.79 Å². The van der Waals surface area contributed by atoms with Gasteiger partial charge in [-0.2, -0.15) is 0 Å². The normalized spacial score (nSPS) is 18.3. The van der Waals surface area contributed by atoms with Crippen LogP contribution in [0.1, 0.15) is 23.4 Å². The third kappa shape index (κ3) is 2.17. The van der Waals surface area contributed by atoms with Crippen molar-refractivity contribution in [2.45, 2.75) is 25.8 Å². The van der Waals surface area contributed by atoms with Gasteiger partial charge in [0.15, 0.2) is 5.13 Å². The number of fused-ring (bicyclic) bond motifs is 1. The van der Waals surface area contributed by atoms with E-state index in [0.29, 0.717) is 24.6 Å². The zero-order valence-electron chi connectivity index (χ0n) is 9.68. The zero-order chi connectivity index (χ0) is 12.7. The summed E-state index contributed by atoms with van der Waals surface area (Å²) in [6, 6.07) is 0. The Bertz CT molecular complexity index is 510. The second-order valence-corrected chi connectivity index (χ2v) is 5.69. The molecule has 1 aromatic heterocycles. The Labute approximate surface area is 108 Å². The van der Waals surface area contributed by atoms with Crippen molar-refractivity contribution in [3.8, 4) is 0 Å². The lowest BCUT2D eigenvalue weighted by molar-refractivity contribution is -0.117. The monoisotopic (exact) mass is 267 g/mol. The molecule has 0 unspecified atom stereocenters. The van der Waals surface area contributed by atoms with Crippen LogP contribution in [0.4, 0.5) is 9.93 Å². The Hall–Kier alpha value is -1.63. The van der Waals surface area contributed by atoms with E-state index in [1.54, 1.807) is 0 Å². The first-order valence-corrected chi connectivity index (χ1v) is 6.72. The number of nitrogens with zero attached hydrogens (tertiary/aromatic N) is 2. The molecule has 3 rings (SSSR count). The van der Waals surface area contributed by atoms with Crippen LogP contribution < -0.4 is 5.32 Å². The fourth-order valence-corrected chi connectivity index (χ4v) is 2.99. The summed E-state index contributed by atoms with van der Waals surface area (Å²) in [7, 11) is 0. The molecule has 18 heavy (non-hydrogen) atoms. The molecule has 1 aromatic rings. The molecule has 1 fully saturated rings. The number of carbonyl (C=O) groups is 2. The molecule has 2 heterocycles. The quantitative estimate of drug-likeness (QED) is 0.851. The first kappa shape index (κ1) is 11.5. The third-order valence-electron chi connectivity index (χ3n) is 3.18. The number of anilines is 1. The van der Waals surface area contributed by atoms with E-state index in [1.165, 1.54) is 16.2 Å². The Morgan fingerprint density at radius 2 is 2.22 bits per heavy atom. The van der Waals surface area contributed by atoms with Crippen LogP contribution in [0.15, 0.2) is 0 Å². The fraction of sp³-hybridized carbons (Fsp3) is 0.545. The highest BCUT2D eigenvalue weighted by Gasteiger charge is 2.31. The fourth-order valence-electron chi connectivity index (χ4n) is 1.97. The molecule has 1 aliphatic carbocycles. The van der Waals surface area contributed by atoms with E-state index >= 15 is 0 Å². The standard InChI is InChI=1S/C11H13N3O3S/c15-9(6-1-2-6)13-10-12-7-3-4-14(11(16)17)5-8(7)18-10/h6H,1-5H2,(H,16,17)(H,12,13,15). The lowest BCUT2D eigenvalue weighted by Gasteiger charge is -2.22. The van der Waals surface area contributed by atoms with Crippen LogP contribution >= 0.6 is 11.3 Å². The summed E-state index contributed by atoms with van der Waals surface area (Å²) < 4.78 is 0. The maximum absolute atomic E-state index is 11.6. The molecular formula is C11H13N3O3S. The van der Waals surface area contributed by atoms with Gasteiger partial charge in [0.05, 0.1) is 12.2 Å². The molecule has 96 valence electrons. The van der Waals surface area contributed by atoms with E-state index in [4.69, 9.17) is 5.11 Å². The average molecular weight is 267 g/mol. The van der Waals surface area contributed by atoms with Gasteiger partial charge in [0.2, 0.25) is 5.91 Å². The van der Waals surface area contributed by atoms with Crippen LogP contribution in [0.2, 0.25) is 0 Å². The van der Waals surface area contributed by atoms with Gasteiger partial charge in [-0.15, -0.1) is 0 Å². The number of nitrogens with one attached hydrogen (secondary N) is 1. The molecule has 7 heteroatoms. The molecule has 1 saturated carbocycles. The van der Waals surface area contributed by atoms with Gasteiger partial charge >= 0.3 is 6.09 Å². The molecule has 0 radical (unpaired) electrons. The van der Waals surface area contributed by atoms with E-state index in [-0.39, 0.29) is 11.8 Å². The molecular weight excluding hydrogens is 254 g/mol. The van der Waals surface area contributed by atoms with Crippen LogP contribution in [0.5, 0.6) is 0 Å². The molecule has 2 aliphatic rings. The van der Waals surface area contributed by atoms with Gasteiger partial charge in [0, 0.05) is 23.8 Å². The second-order valence-electron chi connectivity index (χ2n) is 4.61. The highest BCUT2D eigenvalue weighted by atomic mass is 32.1. The van der Waals surface area contributed by atoms with Crippen molar-refractivity contribution in [2.75, 3.05) is 11.9 Å². The Balaban J connectivity index is 1.72. The minimum Gasteiger partial charge on any atom is -0.465 e. The number of carbonyl (C=O) groups excluding carboxylic acids is 1. The summed E-state index contributed by atoms with van der Waals surface area (Å²) in [5.74, 6) is 0.192. The van der Waals surface area contributed by atoms with Crippen molar-refractivity contribution in [1.29, 1.82) is 0 Å². The smallest absolute Gasteiger partial charge is 0.407 e. The minimum absolute atomic E-state index is 0.0381. The molecule has 2 amide bonds.